The van der Waals surface area contributed by atoms with Gasteiger partial charge >= 0.3 is 12.0 Å². The van der Waals surface area contributed by atoms with Gasteiger partial charge in [0.25, 0.3) is 5.91 Å². The molecule has 0 spiro atoms. The maximum Gasteiger partial charge on any atom is 0.408 e. The van der Waals surface area contributed by atoms with Gasteiger partial charge in [0.1, 0.15) is 17.7 Å². The standard InChI is InChI=1S/C40H59F2N5O7/c1-10-29(45-31(48)22-27-18-14-15-25(6)20-27)36(51)47(37(52)32(44)24(4)5)34(40(41,42)35(50)28(43)19-23(2)3)33(49)30(21-26-16-12-11-13-17-26)46-38(53)54-39(7,8)9/h11-18,20,23-24,28-30,32,34-35,50H,10,19,21-22,43-44H2,1-9H3,(H,45,48)(H,46,53)/t28?,29-,30+,32+,34?,35?/m1/s1. The first-order valence-electron chi connectivity index (χ1n) is 18.4. The summed E-state index contributed by atoms with van der Waals surface area (Å²) in [6.07, 6.45) is -4.70. The van der Waals surface area contributed by atoms with E-state index in [4.69, 9.17) is 16.2 Å². The van der Waals surface area contributed by atoms with Crippen molar-refractivity contribution in [1.82, 2.24) is 15.5 Å². The summed E-state index contributed by atoms with van der Waals surface area (Å²) in [5.41, 5.74) is 13.2. The number of hydrogen-bond acceptors (Lipinski definition) is 9. The van der Waals surface area contributed by atoms with Gasteiger partial charge in [0, 0.05) is 6.04 Å². The number of nitrogens with zero attached hydrogens (tertiary/aromatic N) is 1. The molecule has 0 saturated carbocycles. The van der Waals surface area contributed by atoms with Crippen LogP contribution in [0.1, 0.15) is 84.9 Å². The number of amides is 4. The molecule has 0 bridgehead atoms. The van der Waals surface area contributed by atoms with Gasteiger partial charge in [0.2, 0.25) is 11.8 Å². The minimum absolute atomic E-state index is 0.0637. The molecule has 2 aromatic carbocycles. The van der Waals surface area contributed by atoms with Gasteiger partial charge in [-0.3, -0.25) is 24.1 Å². The van der Waals surface area contributed by atoms with E-state index in [9.17, 15) is 29.1 Å². The number of aryl methyl sites for hydroxylation is 1. The van der Waals surface area contributed by atoms with Gasteiger partial charge in [-0.2, -0.15) is 0 Å². The van der Waals surface area contributed by atoms with Crippen LogP contribution in [0.3, 0.4) is 0 Å². The first-order chi connectivity index (χ1) is 25.0. The Bertz CT molecular complexity index is 1580. The lowest BCUT2D eigenvalue weighted by molar-refractivity contribution is -0.188. The fourth-order valence-corrected chi connectivity index (χ4v) is 5.89. The summed E-state index contributed by atoms with van der Waals surface area (Å²) in [5, 5.41) is 16.1. The highest BCUT2D eigenvalue weighted by atomic mass is 19.3. The number of imide groups is 1. The Kier molecular flexibility index (Phi) is 16.9. The van der Waals surface area contributed by atoms with Crippen LogP contribution in [0, 0.1) is 18.8 Å². The SMILES string of the molecule is CC[C@@H](NC(=O)Cc1cccc(C)c1)C(=O)N(C(=O)[C@@H](N)C(C)C)C(C(=O)[C@H](Cc1ccccc1)NC(=O)OC(C)(C)C)C(F)(F)C(O)C(N)CC(C)C. The maximum absolute atomic E-state index is 17.2. The molecule has 0 radical (unpaired) electrons. The number of Topliss-reactive ketones (excluding diaryl/α,β-unsaturated/α-hetero) is 1. The van der Waals surface area contributed by atoms with Crippen LogP contribution in [-0.2, 0) is 36.8 Å². The van der Waals surface area contributed by atoms with E-state index in [0.29, 0.717) is 11.1 Å². The second-order valence-corrected chi connectivity index (χ2v) is 15.6. The van der Waals surface area contributed by atoms with Crippen LogP contribution in [0.25, 0.3) is 0 Å². The molecule has 0 aromatic heterocycles. The molecule has 0 aliphatic rings. The number of aliphatic hydroxyl groups excluding tert-OH is 1. The molecule has 14 heteroatoms. The van der Waals surface area contributed by atoms with Gasteiger partial charge in [-0.05, 0) is 69.9 Å². The average Bonchev–Trinajstić information content (AvgIpc) is 3.06. The molecule has 0 aliphatic heterocycles. The molecule has 0 saturated heterocycles. The Morgan fingerprint density at radius 1 is 0.870 bits per heavy atom. The van der Waals surface area contributed by atoms with Gasteiger partial charge in [0.05, 0.1) is 18.5 Å². The molecule has 7 N–H and O–H groups in total. The van der Waals surface area contributed by atoms with Crippen LogP contribution < -0.4 is 22.1 Å². The molecule has 2 rings (SSSR count). The second kappa shape index (κ2) is 19.9. The third-order valence-corrected chi connectivity index (χ3v) is 8.72. The molecule has 300 valence electrons. The van der Waals surface area contributed by atoms with E-state index in [1.807, 2.05) is 13.0 Å². The molecule has 0 fully saturated rings. The minimum atomic E-state index is -4.60. The monoisotopic (exact) mass is 759 g/mol. The molecular weight excluding hydrogens is 700 g/mol. The third-order valence-electron chi connectivity index (χ3n) is 8.72. The predicted octanol–water partition coefficient (Wildman–Crippen LogP) is 4.21. The Morgan fingerprint density at radius 3 is 1.98 bits per heavy atom. The summed E-state index contributed by atoms with van der Waals surface area (Å²) >= 11 is 0. The fraction of sp³-hybridized carbons (Fsp3) is 0.575. The summed E-state index contributed by atoms with van der Waals surface area (Å²) in [5.74, 6) is -10.4. The van der Waals surface area contributed by atoms with Crippen LogP contribution in [0.4, 0.5) is 13.6 Å². The molecule has 12 nitrogen and oxygen atoms in total. The number of carbonyl (C=O) groups excluding carboxylic acids is 5. The first-order valence-corrected chi connectivity index (χ1v) is 18.4. The molecule has 6 atom stereocenters. The predicted molar refractivity (Wildman–Crippen MR) is 202 cm³/mol. The fourth-order valence-electron chi connectivity index (χ4n) is 5.89. The lowest BCUT2D eigenvalue weighted by Gasteiger charge is -2.41. The van der Waals surface area contributed by atoms with Crippen molar-refractivity contribution >= 4 is 29.6 Å². The van der Waals surface area contributed by atoms with Crippen molar-refractivity contribution in [2.75, 3.05) is 0 Å². The number of benzene rings is 2. The molecule has 0 heterocycles. The van der Waals surface area contributed by atoms with Crippen molar-refractivity contribution < 1.29 is 42.6 Å². The van der Waals surface area contributed by atoms with E-state index in [1.54, 1.807) is 83.1 Å². The van der Waals surface area contributed by atoms with Crippen molar-refractivity contribution in [2.45, 2.75) is 136 Å². The van der Waals surface area contributed by atoms with E-state index >= 15 is 8.78 Å². The topological polar surface area (TPSA) is 194 Å². The number of alkyl halides is 2. The zero-order valence-electron chi connectivity index (χ0n) is 32.9. The smallest absolute Gasteiger partial charge is 0.408 e. The highest BCUT2D eigenvalue weighted by Gasteiger charge is 2.59. The third kappa shape index (κ3) is 13.2. The number of halogens is 2. The van der Waals surface area contributed by atoms with Gasteiger partial charge in [-0.15, -0.1) is 0 Å². The zero-order valence-corrected chi connectivity index (χ0v) is 32.9. The first kappa shape index (κ1) is 45.9. The number of nitrogens with two attached hydrogens (primary N) is 2. The van der Waals surface area contributed by atoms with E-state index in [0.717, 1.165) is 5.56 Å². The molecular formula is C40H59F2N5O7. The van der Waals surface area contributed by atoms with Crippen LogP contribution in [-0.4, -0.2) is 87.4 Å². The van der Waals surface area contributed by atoms with Crippen LogP contribution in [0.5, 0.6) is 0 Å². The number of alkyl carbamates (subject to hydrolysis) is 1. The summed E-state index contributed by atoms with van der Waals surface area (Å²) in [6, 6.07) is 5.58. The quantitative estimate of drug-likeness (QED) is 0.148. The highest BCUT2D eigenvalue weighted by molar-refractivity contribution is 6.07. The van der Waals surface area contributed by atoms with Crippen LogP contribution in [0.15, 0.2) is 54.6 Å². The number of nitrogens with one attached hydrogen (secondary N) is 2. The van der Waals surface area contributed by atoms with E-state index < -0.39 is 83.4 Å². The number of hydrogen-bond donors (Lipinski definition) is 5. The lowest BCUT2D eigenvalue weighted by Crippen LogP contribution is -2.70. The minimum Gasteiger partial charge on any atom is -0.444 e. The van der Waals surface area contributed by atoms with Crippen molar-refractivity contribution in [3.63, 3.8) is 0 Å². The Morgan fingerprint density at radius 2 is 1.46 bits per heavy atom. The lowest BCUT2D eigenvalue weighted by atomic mass is 9.86. The summed E-state index contributed by atoms with van der Waals surface area (Å²) in [4.78, 5) is 70.1. The summed E-state index contributed by atoms with van der Waals surface area (Å²) in [7, 11) is 0. The molecule has 54 heavy (non-hydrogen) atoms. The van der Waals surface area contributed by atoms with Gasteiger partial charge < -0.3 is 31.9 Å². The number of ether oxygens (including phenoxy) is 1. The number of rotatable bonds is 18. The Balaban J connectivity index is 2.84. The average molecular weight is 760 g/mol. The van der Waals surface area contributed by atoms with E-state index in [-0.39, 0.29) is 36.5 Å². The van der Waals surface area contributed by atoms with Crippen molar-refractivity contribution in [1.29, 1.82) is 0 Å². The molecule has 0 aliphatic carbocycles. The van der Waals surface area contributed by atoms with E-state index in [2.05, 4.69) is 10.6 Å². The summed E-state index contributed by atoms with van der Waals surface area (Å²) in [6.45, 7) is 14.5. The van der Waals surface area contributed by atoms with E-state index in [1.165, 1.54) is 20.8 Å². The van der Waals surface area contributed by atoms with Gasteiger partial charge in [0.15, 0.2) is 11.8 Å². The largest absolute Gasteiger partial charge is 0.444 e. The van der Waals surface area contributed by atoms with Crippen LogP contribution in [0.2, 0.25) is 0 Å². The molecule has 4 amide bonds. The van der Waals surface area contributed by atoms with Crippen molar-refractivity contribution in [2.24, 2.45) is 23.3 Å². The zero-order chi connectivity index (χ0) is 41.1. The number of carbonyl (C=O) groups is 5. The van der Waals surface area contributed by atoms with Crippen LogP contribution >= 0.6 is 0 Å². The highest BCUT2D eigenvalue weighted by Crippen LogP contribution is 2.33. The van der Waals surface area contributed by atoms with Crippen molar-refractivity contribution in [3.05, 3.63) is 71.3 Å². The Hall–Kier alpha value is -4.27. The molecule has 2 aromatic rings. The van der Waals surface area contributed by atoms with Gasteiger partial charge in [-0.1, -0.05) is 94.8 Å². The normalized spacial score (nSPS) is 15.4. The number of ketones is 1. The second-order valence-electron chi connectivity index (χ2n) is 15.6. The van der Waals surface area contributed by atoms with Gasteiger partial charge in [-0.25, -0.2) is 13.6 Å². The number of aliphatic hydroxyl groups is 1. The Labute approximate surface area is 317 Å². The van der Waals surface area contributed by atoms with Crippen molar-refractivity contribution in [3.8, 4) is 0 Å². The summed E-state index contributed by atoms with van der Waals surface area (Å²) < 4.78 is 39.7. The molecule has 3 unspecified atom stereocenters. The maximum atomic E-state index is 17.2.